The first-order chi connectivity index (χ1) is 5.07. The van der Waals surface area contributed by atoms with E-state index in [2.05, 4.69) is 0 Å². The monoisotopic (exact) mass is 197 g/mol. The number of halogens is 7. The summed E-state index contributed by atoms with van der Waals surface area (Å²) < 4.78 is 79.9. The van der Waals surface area contributed by atoms with E-state index in [0.717, 1.165) is 0 Å². The van der Waals surface area contributed by atoms with E-state index in [1.807, 2.05) is 6.58 Å². The highest BCUT2D eigenvalue weighted by molar-refractivity contribution is 4.84. The Hall–Kier alpha value is -0.950. The van der Waals surface area contributed by atoms with Gasteiger partial charge in [-0.15, -0.1) is 26.3 Å². The van der Waals surface area contributed by atoms with Gasteiger partial charge < -0.3 is 0 Å². The fourth-order valence-electron chi connectivity index (χ4n) is 0.419. The van der Waals surface area contributed by atoms with Crippen LogP contribution in [0.25, 0.3) is 0 Å². The van der Waals surface area contributed by atoms with Crippen LogP contribution in [0.3, 0.4) is 0 Å². The van der Waals surface area contributed by atoms with Crippen molar-refractivity contribution >= 4 is 0 Å². The Morgan fingerprint density at radius 1 is 0.917 bits per heavy atom. The summed E-state index contributed by atoms with van der Waals surface area (Å²) >= 11 is 0. The minimum atomic E-state index is -5.84. The van der Waals surface area contributed by atoms with Gasteiger partial charge in [0.1, 0.15) is 0 Å². The van der Waals surface area contributed by atoms with Gasteiger partial charge in [-0.25, -0.2) is 0 Å². The molecule has 12 heavy (non-hydrogen) atoms. The molecule has 1 nitrogen and oxygen atoms in total. The summed E-state index contributed by atoms with van der Waals surface area (Å²) in [6.07, 6.45) is -11.7. The summed E-state index contributed by atoms with van der Waals surface area (Å²) in [6.45, 7) is 1.91. The standard InChI is InChI=1S/C4H2F7N/c1-2(5)12(3(6,7)8)4(9,10)11/h1H2. The lowest BCUT2D eigenvalue weighted by molar-refractivity contribution is -0.364. The van der Waals surface area contributed by atoms with Gasteiger partial charge in [0, 0.05) is 0 Å². The van der Waals surface area contributed by atoms with Crippen molar-refractivity contribution in [3.8, 4) is 0 Å². The second kappa shape index (κ2) is 2.83. The maximum absolute atomic E-state index is 11.6. The molecular weight excluding hydrogens is 195 g/mol. The van der Waals surface area contributed by atoms with E-state index in [-0.39, 0.29) is 0 Å². The molecule has 72 valence electrons. The molecule has 0 heterocycles. The zero-order valence-electron chi connectivity index (χ0n) is 5.30. The molecule has 0 aliphatic rings. The van der Waals surface area contributed by atoms with Crippen LogP contribution in [0.5, 0.6) is 0 Å². The maximum Gasteiger partial charge on any atom is 0.493 e. The lowest BCUT2D eigenvalue weighted by Gasteiger charge is -2.25. The number of alkyl halides is 6. The van der Waals surface area contributed by atoms with Crippen LogP contribution in [0.2, 0.25) is 0 Å². The summed E-state index contributed by atoms with van der Waals surface area (Å²) in [5.74, 6) is -2.62. The van der Waals surface area contributed by atoms with Crippen molar-refractivity contribution in [2.45, 2.75) is 12.6 Å². The Balaban J connectivity index is 4.82. The highest BCUT2D eigenvalue weighted by Crippen LogP contribution is 2.36. The van der Waals surface area contributed by atoms with Crippen LogP contribution in [0.1, 0.15) is 0 Å². The van der Waals surface area contributed by atoms with Crippen molar-refractivity contribution in [1.29, 1.82) is 0 Å². The molecule has 0 bridgehead atoms. The Labute approximate surface area is 62.1 Å². The van der Waals surface area contributed by atoms with Crippen molar-refractivity contribution in [1.82, 2.24) is 4.90 Å². The van der Waals surface area contributed by atoms with E-state index < -0.39 is 23.5 Å². The summed E-state index contributed by atoms with van der Waals surface area (Å²) in [7, 11) is 0. The van der Waals surface area contributed by atoms with Gasteiger partial charge in [-0.05, 0) is 6.58 Å². The fraction of sp³-hybridized carbons (Fsp3) is 0.500. The Morgan fingerprint density at radius 2 is 1.17 bits per heavy atom. The molecule has 0 saturated heterocycles. The normalized spacial score (nSPS) is 12.9. The van der Waals surface area contributed by atoms with E-state index in [1.165, 1.54) is 0 Å². The molecule has 8 heteroatoms. The van der Waals surface area contributed by atoms with Crippen molar-refractivity contribution in [2.24, 2.45) is 0 Å². The number of hydrogen-bond donors (Lipinski definition) is 0. The van der Waals surface area contributed by atoms with Gasteiger partial charge in [-0.2, -0.15) is 9.29 Å². The summed E-state index contributed by atoms with van der Waals surface area (Å²) in [4.78, 5) is -2.32. The van der Waals surface area contributed by atoms with E-state index in [0.29, 0.717) is 0 Å². The first kappa shape index (κ1) is 11.0. The van der Waals surface area contributed by atoms with Gasteiger partial charge in [0.05, 0.1) is 0 Å². The third-order valence-electron chi connectivity index (χ3n) is 0.750. The highest BCUT2D eigenvalue weighted by atomic mass is 19.4. The summed E-state index contributed by atoms with van der Waals surface area (Å²) in [5, 5.41) is 0. The van der Waals surface area contributed by atoms with Crippen LogP contribution in [0.15, 0.2) is 12.5 Å². The third-order valence-corrected chi connectivity index (χ3v) is 0.750. The molecule has 0 unspecified atom stereocenters. The Kier molecular flexibility index (Phi) is 2.61. The molecule has 0 saturated carbocycles. The minimum Gasteiger partial charge on any atom is -0.187 e. The number of hydrogen-bond acceptors (Lipinski definition) is 1. The van der Waals surface area contributed by atoms with Gasteiger partial charge >= 0.3 is 12.6 Å². The zero-order chi connectivity index (χ0) is 10.2. The van der Waals surface area contributed by atoms with E-state index in [9.17, 15) is 30.7 Å². The Bertz CT molecular complexity index is 163. The second-order valence-electron chi connectivity index (χ2n) is 1.65. The van der Waals surface area contributed by atoms with Gasteiger partial charge in [-0.3, -0.25) is 0 Å². The fourth-order valence-corrected chi connectivity index (χ4v) is 0.419. The molecular formula is C4H2F7N. The minimum absolute atomic E-state index is 1.91. The molecule has 0 spiro atoms. The second-order valence-corrected chi connectivity index (χ2v) is 1.65. The largest absolute Gasteiger partial charge is 0.493 e. The SMILES string of the molecule is C=C(F)N(C(F)(F)F)C(F)(F)F. The predicted molar refractivity (Wildman–Crippen MR) is 24.2 cm³/mol. The molecule has 0 amide bonds. The van der Waals surface area contributed by atoms with Crippen LogP contribution in [0, 0.1) is 0 Å². The Morgan fingerprint density at radius 3 is 1.17 bits per heavy atom. The van der Waals surface area contributed by atoms with Crippen molar-refractivity contribution in [2.75, 3.05) is 0 Å². The molecule has 0 N–H and O–H groups in total. The van der Waals surface area contributed by atoms with E-state index >= 15 is 0 Å². The predicted octanol–water partition coefficient (Wildman–Crippen LogP) is 2.77. The van der Waals surface area contributed by atoms with E-state index in [1.54, 1.807) is 0 Å². The smallest absolute Gasteiger partial charge is 0.187 e. The quantitative estimate of drug-likeness (QED) is 0.461. The van der Waals surface area contributed by atoms with Crippen LogP contribution in [-0.2, 0) is 0 Å². The molecule has 0 fully saturated rings. The topological polar surface area (TPSA) is 3.24 Å². The summed E-state index contributed by atoms with van der Waals surface area (Å²) in [5.41, 5.74) is 0. The molecule has 0 aliphatic carbocycles. The highest BCUT2D eigenvalue weighted by Gasteiger charge is 2.55. The number of nitrogens with zero attached hydrogens (tertiary/aromatic N) is 1. The summed E-state index contributed by atoms with van der Waals surface area (Å²) in [6, 6.07) is 0. The van der Waals surface area contributed by atoms with Crippen LogP contribution >= 0.6 is 0 Å². The lowest BCUT2D eigenvalue weighted by Crippen LogP contribution is -2.45. The van der Waals surface area contributed by atoms with Gasteiger partial charge in [0.2, 0.25) is 0 Å². The van der Waals surface area contributed by atoms with Gasteiger partial charge in [-0.1, -0.05) is 0 Å². The molecule has 0 rings (SSSR count). The molecule has 0 radical (unpaired) electrons. The van der Waals surface area contributed by atoms with Crippen LogP contribution < -0.4 is 0 Å². The zero-order valence-corrected chi connectivity index (χ0v) is 5.30. The number of rotatable bonds is 1. The van der Waals surface area contributed by atoms with Gasteiger partial charge in [0.25, 0.3) is 0 Å². The van der Waals surface area contributed by atoms with Gasteiger partial charge in [0.15, 0.2) is 5.95 Å². The molecule has 0 aromatic heterocycles. The maximum atomic E-state index is 11.6. The lowest BCUT2D eigenvalue weighted by atomic mass is 10.7. The average Bonchev–Trinajstić information content (AvgIpc) is 1.49. The van der Waals surface area contributed by atoms with Crippen molar-refractivity contribution in [3.05, 3.63) is 12.5 Å². The average molecular weight is 197 g/mol. The molecule has 0 atom stereocenters. The first-order valence-corrected chi connectivity index (χ1v) is 2.35. The molecule has 0 aromatic rings. The van der Waals surface area contributed by atoms with Crippen LogP contribution in [0.4, 0.5) is 30.7 Å². The third kappa shape index (κ3) is 2.59. The molecule has 0 aliphatic heterocycles. The van der Waals surface area contributed by atoms with Crippen molar-refractivity contribution < 1.29 is 30.7 Å². The van der Waals surface area contributed by atoms with E-state index in [4.69, 9.17) is 0 Å². The first-order valence-electron chi connectivity index (χ1n) is 2.35. The van der Waals surface area contributed by atoms with Crippen LogP contribution in [-0.4, -0.2) is 17.5 Å². The van der Waals surface area contributed by atoms with Crippen molar-refractivity contribution in [3.63, 3.8) is 0 Å². The molecule has 0 aromatic carbocycles.